The van der Waals surface area contributed by atoms with Crippen LogP contribution in [-0.4, -0.2) is 68.6 Å². The number of nitrogens with zero attached hydrogens (tertiary/aromatic N) is 4. The molecule has 1 saturated heterocycles. The predicted molar refractivity (Wildman–Crippen MR) is 126 cm³/mol. The normalized spacial score (nSPS) is 13.4. The Morgan fingerprint density at radius 2 is 1.64 bits per heavy atom. The molecular formula is C24H27N5O4. The van der Waals surface area contributed by atoms with Crippen molar-refractivity contribution in [2.75, 3.05) is 57.7 Å². The van der Waals surface area contributed by atoms with Crippen LogP contribution < -0.4 is 24.4 Å². The van der Waals surface area contributed by atoms with Crippen molar-refractivity contribution in [1.82, 2.24) is 15.1 Å². The van der Waals surface area contributed by atoms with Gasteiger partial charge in [0, 0.05) is 43.5 Å². The van der Waals surface area contributed by atoms with Crippen LogP contribution in [-0.2, 0) is 0 Å². The van der Waals surface area contributed by atoms with E-state index in [1.54, 1.807) is 44.4 Å². The highest BCUT2D eigenvalue weighted by atomic mass is 16.5. The molecule has 0 radical (unpaired) electrons. The summed E-state index contributed by atoms with van der Waals surface area (Å²) in [7, 11) is 4.78. The number of hydrogen-bond acceptors (Lipinski definition) is 7. The van der Waals surface area contributed by atoms with Crippen LogP contribution in [0.15, 0.2) is 54.6 Å². The zero-order valence-electron chi connectivity index (χ0n) is 18.9. The fourth-order valence-corrected chi connectivity index (χ4v) is 3.69. The van der Waals surface area contributed by atoms with Crippen molar-refractivity contribution >= 4 is 17.5 Å². The van der Waals surface area contributed by atoms with Crippen LogP contribution in [0.4, 0.5) is 16.3 Å². The van der Waals surface area contributed by atoms with Gasteiger partial charge in [0.25, 0.3) is 0 Å². The molecule has 0 saturated carbocycles. The highest BCUT2D eigenvalue weighted by Crippen LogP contribution is 2.30. The average molecular weight is 450 g/mol. The summed E-state index contributed by atoms with van der Waals surface area (Å²) >= 11 is 0. The zero-order chi connectivity index (χ0) is 23.2. The number of benzene rings is 2. The number of methoxy groups -OCH3 is 3. The van der Waals surface area contributed by atoms with Crippen molar-refractivity contribution in [2.45, 2.75) is 0 Å². The molecule has 2 aromatic carbocycles. The van der Waals surface area contributed by atoms with Crippen molar-refractivity contribution in [3.63, 3.8) is 0 Å². The third kappa shape index (κ3) is 5.08. The van der Waals surface area contributed by atoms with Crippen LogP contribution in [0.1, 0.15) is 0 Å². The van der Waals surface area contributed by atoms with Gasteiger partial charge in [-0.2, -0.15) is 0 Å². The molecule has 2 amide bonds. The van der Waals surface area contributed by atoms with Gasteiger partial charge in [0.05, 0.1) is 27.0 Å². The first-order valence-electron chi connectivity index (χ1n) is 10.6. The SMILES string of the molecule is COc1cccc(-c2ccc(N3CCN(C(=O)Nc4ccc(OC)c(OC)c4)CC3)nn2)c1. The molecule has 0 bridgehead atoms. The Balaban J connectivity index is 1.34. The van der Waals surface area contributed by atoms with Gasteiger partial charge in [-0.3, -0.25) is 0 Å². The lowest BCUT2D eigenvalue weighted by molar-refractivity contribution is 0.208. The van der Waals surface area contributed by atoms with Crippen LogP contribution in [0.25, 0.3) is 11.3 Å². The molecule has 1 fully saturated rings. The standard InChI is InChI=1S/C24H27N5O4/c1-31-19-6-4-5-17(15-19)20-8-10-23(27-26-20)28-11-13-29(14-12-28)24(30)25-18-7-9-21(32-2)22(16-18)33-3/h4-10,15-16H,11-14H2,1-3H3,(H,25,30). The number of carbonyl (C=O) groups is 1. The molecule has 9 heteroatoms. The molecule has 0 atom stereocenters. The van der Waals surface area contributed by atoms with Crippen molar-refractivity contribution in [2.24, 2.45) is 0 Å². The van der Waals surface area contributed by atoms with Gasteiger partial charge in [0.2, 0.25) is 0 Å². The molecule has 2 heterocycles. The number of amides is 2. The lowest BCUT2D eigenvalue weighted by atomic mass is 10.1. The molecule has 1 N–H and O–H groups in total. The number of nitrogens with one attached hydrogen (secondary N) is 1. The minimum Gasteiger partial charge on any atom is -0.497 e. The molecule has 1 aliphatic rings. The number of hydrogen-bond donors (Lipinski definition) is 1. The second-order valence-electron chi connectivity index (χ2n) is 7.48. The van der Waals surface area contributed by atoms with Crippen LogP contribution in [0, 0.1) is 0 Å². The quantitative estimate of drug-likeness (QED) is 0.616. The fourth-order valence-electron chi connectivity index (χ4n) is 3.69. The first-order chi connectivity index (χ1) is 16.1. The van der Waals surface area contributed by atoms with Gasteiger partial charge in [0.15, 0.2) is 17.3 Å². The molecule has 1 aliphatic heterocycles. The van der Waals surface area contributed by atoms with E-state index in [4.69, 9.17) is 14.2 Å². The van der Waals surface area contributed by atoms with E-state index in [-0.39, 0.29) is 6.03 Å². The Morgan fingerprint density at radius 1 is 0.848 bits per heavy atom. The summed E-state index contributed by atoms with van der Waals surface area (Å²) in [6.45, 7) is 2.51. The Bertz CT molecular complexity index is 1100. The van der Waals surface area contributed by atoms with Gasteiger partial charge in [-0.15, -0.1) is 10.2 Å². The number of anilines is 2. The van der Waals surface area contributed by atoms with Crippen molar-refractivity contribution < 1.29 is 19.0 Å². The summed E-state index contributed by atoms with van der Waals surface area (Å²) < 4.78 is 15.8. The summed E-state index contributed by atoms with van der Waals surface area (Å²) in [5.74, 6) is 2.75. The number of ether oxygens (including phenoxy) is 3. The topological polar surface area (TPSA) is 89.1 Å². The lowest BCUT2D eigenvalue weighted by Gasteiger charge is -2.35. The first-order valence-corrected chi connectivity index (χ1v) is 10.6. The lowest BCUT2D eigenvalue weighted by Crippen LogP contribution is -2.50. The summed E-state index contributed by atoms with van der Waals surface area (Å²) in [6.07, 6.45) is 0. The summed E-state index contributed by atoms with van der Waals surface area (Å²) in [5.41, 5.74) is 2.38. The average Bonchev–Trinajstić information content (AvgIpc) is 2.88. The molecular weight excluding hydrogens is 422 g/mol. The molecule has 4 rings (SSSR count). The number of urea groups is 1. The van der Waals surface area contributed by atoms with E-state index in [1.807, 2.05) is 36.4 Å². The molecule has 172 valence electrons. The predicted octanol–water partition coefficient (Wildman–Crippen LogP) is 3.52. The van der Waals surface area contributed by atoms with Crippen molar-refractivity contribution in [3.05, 3.63) is 54.6 Å². The van der Waals surface area contributed by atoms with Gasteiger partial charge in [0.1, 0.15) is 5.75 Å². The summed E-state index contributed by atoms with van der Waals surface area (Å²) in [6, 6.07) is 16.8. The summed E-state index contributed by atoms with van der Waals surface area (Å²) in [5, 5.41) is 11.7. The highest BCUT2D eigenvalue weighted by Gasteiger charge is 2.22. The van der Waals surface area contributed by atoms with Crippen LogP contribution >= 0.6 is 0 Å². The Hall–Kier alpha value is -4.01. The minimum absolute atomic E-state index is 0.152. The van der Waals surface area contributed by atoms with E-state index in [9.17, 15) is 4.79 Å². The number of rotatable bonds is 6. The van der Waals surface area contributed by atoms with Gasteiger partial charge in [-0.1, -0.05) is 12.1 Å². The Morgan fingerprint density at radius 3 is 2.30 bits per heavy atom. The van der Waals surface area contributed by atoms with Crippen molar-refractivity contribution in [3.8, 4) is 28.5 Å². The van der Waals surface area contributed by atoms with Crippen LogP contribution in [0.5, 0.6) is 17.2 Å². The second-order valence-corrected chi connectivity index (χ2v) is 7.48. The molecule has 0 aliphatic carbocycles. The molecule has 3 aromatic rings. The smallest absolute Gasteiger partial charge is 0.321 e. The van der Waals surface area contributed by atoms with Gasteiger partial charge >= 0.3 is 6.03 Å². The van der Waals surface area contributed by atoms with Crippen LogP contribution in [0.2, 0.25) is 0 Å². The fraction of sp³-hybridized carbons (Fsp3) is 0.292. The maximum absolute atomic E-state index is 12.7. The van der Waals surface area contributed by atoms with E-state index in [1.165, 1.54) is 0 Å². The maximum atomic E-state index is 12.7. The van der Waals surface area contributed by atoms with Crippen molar-refractivity contribution in [1.29, 1.82) is 0 Å². The highest BCUT2D eigenvalue weighted by molar-refractivity contribution is 5.90. The largest absolute Gasteiger partial charge is 0.497 e. The van der Waals surface area contributed by atoms with Gasteiger partial charge in [-0.05, 0) is 36.4 Å². The van der Waals surface area contributed by atoms with E-state index in [0.29, 0.717) is 43.4 Å². The van der Waals surface area contributed by atoms with E-state index < -0.39 is 0 Å². The van der Waals surface area contributed by atoms with E-state index in [2.05, 4.69) is 20.4 Å². The van der Waals surface area contributed by atoms with E-state index in [0.717, 1.165) is 22.8 Å². The Kier molecular flexibility index (Phi) is 6.77. The third-order valence-electron chi connectivity index (χ3n) is 5.54. The minimum atomic E-state index is -0.152. The molecule has 1 aromatic heterocycles. The molecule has 9 nitrogen and oxygen atoms in total. The number of carbonyl (C=O) groups excluding carboxylic acids is 1. The Labute approximate surface area is 192 Å². The first kappa shape index (κ1) is 22.2. The molecule has 0 spiro atoms. The van der Waals surface area contributed by atoms with E-state index >= 15 is 0 Å². The van der Waals surface area contributed by atoms with Crippen LogP contribution in [0.3, 0.4) is 0 Å². The van der Waals surface area contributed by atoms with Gasteiger partial charge < -0.3 is 29.3 Å². The second kappa shape index (κ2) is 10.1. The molecule has 0 unspecified atom stereocenters. The summed E-state index contributed by atoms with van der Waals surface area (Å²) in [4.78, 5) is 16.6. The molecule has 33 heavy (non-hydrogen) atoms. The number of aromatic nitrogens is 2. The number of piperazine rings is 1. The maximum Gasteiger partial charge on any atom is 0.321 e. The monoisotopic (exact) mass is 449 g/mol. The zero-order valence-corrected chi connectivity index (χ0v) is 18.9. The van der Waals surface area contributed by atoms with Gasteiger partial charge in [-0.25, -0.2) is 4.79 Å². The third-order valence-corrected chi connectivity index (χ3v) is 5.54.